The Morgan fingerprint density at radius 2 is 1.72 bits per heavy atom. The molecular weight excluding hydrogens is 312 g/mol. The van der Waals surface area contributed by atoms with E-state index in [1.54, 1.807) is 7.11 Å². The number of ether oxygens (including phenoxy) is 2. The van der Waals surface area contributed by atoms with Crippen LogP contribution in [0, 0.1) is 0 Å². The number of rotatable bonds is 9. The molecule has 25 heavy (non-hydrogen) atoms. The Labute approximate surface area is 152 Å². The number of allylic oxidation sites excluding steroid dienone is 4. The lowest BCUT2D eigenvalue weighted by Gasteiger charge is -2.17. The van der Waals surface area contributed by atoms with Crippen molar-refractivity contribution in [1.82, 2.24) is 0 Å². The van der Waals surface area contributed by atoms with Gasteiger partial charge in [-0.2, -0.15) is 0 Å². The van der Waals surface area contributed by atoms with E-state index < -0.39 is 0 Å². The van der Waals surface area contributed by atoms with Crippen LogP contribution in [0.25, 0.3) is 0 Å². The zero-order chi connectivity index (χ0) is 18.8. The van der Waals surface area contributed by atoms with E-state index in [4.69, 9.17) is 9.47 Å². The fourth-order valence-corrected chi connectivity index (χ4v) is 2.53. The summed E-state index contributed by atoms with van der Waals surface area (Å²) >= 11 is 0. The van der Waals surface area contributed by atoms with Crippen LogP contribution in [0.15, 0.2) is 47.6 Å². The zero-order valence-electron chi connectivity index (χ0n) is 16.5. The largest absolute Gasteiger partial charge is 0.497 e. The Morgan fingerprint density at radius 3 is 2.24 bits per heavy atom. The molecule has 0 aromatic heterocycles. The van der Waals surface area contributed by atoms with Gasteiger partial charge in [-0.3, -0.25) is 4.79 Å². The quantitative estimate of drug-likeness (QED) is 0.419. The number of benzene rings is 1. The van der Waals surface area contributed by atoms with E-state index in [9.17, 15) is 4.79 Å². The monoisotopic (exact) mass is 344 g/mol. The second kappa shape index (κ2) is 10.8. The maximum absolute atomic E-state index is 12.5. The van der Waals surface area contributed by atoms with Crippen molar-refractivity contribution in [1.29, 1.82) is 0 Å². The summed E-state index contributed by atoms with van der Waals surface area (Å²) in [6.07, 6.45) is 6.99. The molecule has 0 heterocycles. The first-order chi connectivity index (χ1) is 11.8. The molecule has 138 valence electrons. The topological polar surface area (TPSA) is 35.5 Å². The van der Waals surface area contributed by atoms with Crippen molar-refractivity contribution in [2.75, 3.05) is 7.11 Å². The predicted molar refractivity (Wildman–Crippen MR) is 104 cm³/mol. The minimum absolute atomic E-state index is 0.115. The number of hydrogen-bond acceptors (Lipinski definition) is 3. The number of carbonyl (C=O) groups excluding carboxylic acids is 1. The Hall–Kier alpha value is -2.03. The van der Waals surface area contributed by atoms with Gasteiger partial charge in [-0.1, -0.05) is 35.4 Å². The van der Waals surface area contributed by atoms with Crippen molar-refractivity contribution in [2.24, 2.45) is 0 Å². The van der Waals surface area contributed by atoms with Gasteiger partial charge in [0.15, 0.2) is 0 Å². The van der Waals surface area contributed by atoms with Crippen LogP contribution in [0.4, 0.5) is 0 Å². The summed E-state index contributed by atoms with van der Waals surface area (Å²) < 4.78 is 10.7. The van der Waals surface area contributed by atoms with E-state index in [1.165, 1.54) is 11.1 Å². The lowest BCUT2D eigenvalue weighted by Crippen LogP contribution is -2.19. The first-order valence-corrected chi connectivity index (χ1v) is 8.97. The maximum Gasteiger partial charge on any atom is 0.313 e. The van der Waals surface area contributed by atoms with E-state index in [2.05, 4.69) is 32.9 Å². The van der Waals surface area contributed by atoms with Gasteiger partial charge in [0.25, 0.3) is 0 Å². The Balaban J connectivity index is 2.86. The van der Waals surface area contributed by atoms with Crippen LogP contribution in [-0.4, -0.2) is 19.2 Å². The van der Waals surface area contributed by atoms with Crippen LogP contribution < -0.4 is 4.74 Å². The van der Waals surface area contributed by atoms with Crippen molar-refractivity contribution in [3.63, 3.8) is 0 Å². The van der Waals surface area contributed by atoms with Gasteiger partial charge in [0.2, 0.25) is 0 Å². The molecule has 0 radical (unpaired) electrons. The molecule has 0 fully saturated rings. The molecule has 0 aliphatic carbocycles. The van der Waals surface area contributed by atoms with Crippen LogP contribution >= 0.6 is 0 Å². The summed E-state index contributed by atoms with van der Waals surface area (Å²) in [4.78, 5) is 12.5. The first-order valence-electron chi connectivity index (χ1n) is 8.97. The molecule has 0 bridgehead atoms. The van der Waals surface area contributed by atoms with E-state index in [0.29, 0.717) is 6.42 Å². The third kappa shape index (κ3) is 8.06. The Kier molecular flexibility index (Phi) is 9.04. The van der Waals surface area contributed by atoms with Crippen LogP contribution in [0.2, 0.25) is 0 Å². The summed E-state index contributed by atoms with van der Waals surface area (Å²) in [5, 5.41) is 0. The van der Waals surface area contributed by atoms with Gasteiger partial charge in [-0.25, -0.2) is 0 Å². The smallest absolute Gasteiger partial charge is 0.313 e. The normalized spacial score (nSPS) is 12.7. The fourth-order valence-electron chi connectivity index (χ4n) is 2.53. The summed E-state index contributed by atoms with van der Waals surface area (Å²) in [6.45, 7) is 10.1. The van der Waals surface area contributed by atoms with Crippen molar-refractivity contribution >= 4 is 5.97 Å². The van der Waals surface area contributed by atoms with Gasteiger partial charge >= 0.3 is 5.97 Å². The Morgan fingerprint density at radius 1 is 1.08 bits per heavy atom. The molecule has 1 atom stereocenters. The summed E-state index contributed by atoms with van der Waals surface area (Å²) in [7, 11) is 1.64. The fraction of sp³-hybridized carbons (Fsp3) is 0.500. The highest BCUT2D eigenvalue weighted by Gasteiger charge is 2.22. The zero-order valence-corrected chi connectivity index (χ0v) is 16.5. The summed E-state index contributed by atoms with van der Waals surface area (Å²) in [5.41, 5.74) is 3.59. The molecule has 1 aromatic rings. The molecule has 0 N–H and O–H groups in total. The molecule has 1 rings (SSSR count). The standard InChI is InChI=1S/C22H32O3/c1-16(2)8-7-9-18(5)10-15-21(22(23)25-17(3)4)19-11-13-20(24-6)14-12-19/h8,10-14,17,21H,7,9,15H2,1-6H3/b18-10+. The van der Waals surface area contributed by atoms with Gasteiger partial charge < -0.3 is 9.47 Å². The van der Waals surface area contributed by atoms with E-state index >= 15 is 0 Å². The molecule has 3 nitrogen and oxygen atoms in total. The maximum atomic E-state index is 12.5. The summed E-state index contributed by atoms with van der Waals surface area (Å²) in [5.74, 6) is 0.327. The average molecular weight is 344 g/mol. The SMILES string of the molecule is COc1ccc(C(C/C=C(\C)CCC=C(C)C)C(=O)OC(C)C)cc1. The first kappa shape index (κ1) is 21.0. The van der Waals surface area contributed by atoms with Crippen molar-refractivity contribution in [3.05, 3.63) is 53.1 Å². The molecule has 3 heteroatoms. The molecule has 0 saturated carbocycles. The average Bonchev–Trinajstić information content (AvgIpc) is 2.54. The van der Waals surface area contributed by atoms with E-state index in [1.807, 2.05) is 38.1 Å². The van der Waals surface area contributed by atoms with E-state index in [-0.39, 0.29) is 18.0 Å². The van der Waals surface area contributed by atoms with Crippen molar-refractivity contribution in [2.45, 2.75) is 65.9 Å². The minimum atomic E-state index is -0.285. The lowest BCUT2D eigenvalue weighted by molar-refractivity contribution is -0.149. The van der Waals surface area contributed by atoms with Crippen LogP contribution in [0.5, 0.6) is 5.75 Å². The number of hydrogen-bond donors (Lipinski definition) is 0. The number of carbonyl (C=O) groups is 1. The highest BCUT2D eigenvalue weighted by Crippen LogP contribution is 2.26. The molecular formula is C22H32O3. The number of methoxy groups -OCH3 is 1. The predicted octanol–water partition coefficient (Wildman–Crippen LogP) is 5.81. The summed E-state index contributed by atoms with van der Waals surface area (Å²) in [6, 6.07) is 7.65. The van der Waals surface area contributed by atoms with Crippen molar-refractivity contribution in [3.8, 4) is 5.75 Å². The lowest BCUT2D eigenvalue weighted by atomic mass is 9.94. The second-order valence-electron chi connectivity index (χ2n) is 6.92. The molecule has 0 aliphatic heterocycles. The third-order valence-corrected chi connectivity index (χ3v) is 3.95. The molecule has 0 aliphatic rings. The van der Waals surface area contributed by atoms with Gasteiger partial charge in [0.1, 0.15) is 5.75 Å². The molecule has 0 saturated heterocycles. The van der Waals surface area contributed by atoms with E-state index in [0.717, 1.165) is 24.2 Å². The number of esters is 1. The highest BCUT2D eigenvalue weighted by molar-refractivity contribution is 5.78. The van der Waals surface area contributed by atoms with Crippen LogP contribution in [-0.2, 0) is 9.53 Å². The molecule has 0 amide bonds. The minimum Gasteiger partial charge on any atom is -0.497 e. The van der Waals surface area contributed by atoms with Gasteiger partial charge in [-0.15, -0.1) is 0 Å². The highest BCUT2D eigenvalue weighted by atomic mass is 16.5. The third-order valence-electron chi connectivity index (χ3n) is 3.95. The molecule has 1 aromatic carbocycles. The van der Waals surface area contributed by atoms with Gasteiger partial charge in [-0.05, 0) is 71.6 Å². The second-order valence-corrected chi connectivity index (χ2v) is 6.92. The van der Waals surface area contributed by atoms with Gasteiger partial charge in [0, 0.05) is 0 Å². The molecule has 1 unspecified atom stereocenters. The van der Waals surface area contributed by atoms with Crippen LogP contribution in [0.1, 0.15) is 65.4 Å². The van der Waals surface area contributed by atoms with Gasteiger partial charge in [0.05, 0.1) is 19.1 Å². The van der Waals surface area contributed by atoms with Crippen LogP contribution in [0.3, 0.4) is 0 Å². The Bertz CT molecular complexity index is 590. The molecule has 0 spiro atoms. The van der Waals surface area contributed by atoms with Crippen molar-refractivity contribution < 1.29 is 14.3 Å².